The molecule has 0 saturated heterocycles. The molecule has 102 valence electrons. The van der Waals surface area contributed by atoms with Gasteiger partial charge in [0.15, 0.2) is 11.5 Å². The van der Waals surface area contributed by atoms with E-state index in [0.29, 0.717) is 36.0 Å². The summed E-state index contributed by atoms with van der Waals surface area (Å²) in [6.07, 6.45) is 1.25. The number of para-hydroxylation sites is 1. The van der Waals surface area contributed by atoms with Gasteiger partial charge in [-0.3, -0.25) is 4.79 Å². The second-order valence-corrected chi connectivity index (χ2v) is 4.15. The quantitative estimate of drug-likeness (QED) is 0.853. The van der Waals surface area contributed by atoms with E-state index in [1.807, 2.05) is 0 Å². The van der Waals surface area contributed by atoms with Crippen molar-refractivity contribution in [1.82, 2.24) is 4.98 Å². The van der Waals surface area contributed by atoms with Gasteiger partial charge in [0, 0.05) is 0 Å². The molecule has 2 aromatic rings. The molecule has 1 aliphatic heterocycles. The summed E-state index contributed by atoms with van der Waals surface area (Å²) in [4.78, 5) is 15.7. The van der Waals surface area contributed by atoms with Crippen molar-refractivity contribution in [3.63, 3.8) is 0 Å². The van der Waals surface area contributed by atoms with Gasteiger partial charge in [0.05, 0.1) is 17.4 Å². The standard InChI is InChI=1S/C14H11FN2O3/c15-12-5-4-9(8-16-12)17-14(18)10-2-1-3-11-13(10)20-7-6-19-11/h1-5,8H,6-7H2,(H,17,18). The summed E-state index contributed by atoms with van der Waals surface area (Å²) in [6, 6.07) is 7.71. The smallest absolute Gasteiger partial charge is 0.259 e. The first-order chi connectivity index (χ1) is 9.74. The van der Waals surface area contributed by atoms with Gasteiger partial charge in [-0.2, -0.15) is 4.39 Å². The van der Waals surface area contributed by atoms with Crippen LogP contribution in [0.2, 0.25) is 0 Å². The molecule has 20 heavy (non-hydrogen) atoms. The molecule has 5 nitrogen and oxygen atoms in total. The maximum atomic E-state index is 12.7. The van der Waals surface area contributed by atoms with Crippen LogP contribution in [0.25, 0.3) is 0 Å². The average Bonchev–Trinajstić information content (AvgIpc) is 2.49. The average molecular weight is 274 g/mol. The Labute approximate surface area is 114 Å². The summed E-state index contributed by atoms with van der Waals surface area (Å²) >= 11 is 0. The Morgan fingerprint density at radius 2 is 2.05 bits per heavy atom. The summed E-state index contributed by atoms with van der Waals surface area (Å²) in [5, 5.41) is 2.63. The first-order valence-electron chi connectivity index (χ1n) is 6.05. The van der Waals surface area contributed by atoms with E-state index in [9.17, 15) is 9.18 Å². The van der Waals surface area contributed by atoms with E-state index in [1.54, 1.807) is 18.2 Å². The van der Waals surface area contributed by atoms with E-state index in [0.717, 1.165) is 0 Å². The van der Waals surface area contributed by atoms with Crippen molar-refractivity contribution >= 4 is 11.6 Å². The lowest BCUT2D eigenvalue weighted by Crippen LogP contribution is -2.20. The number of nitrogens with one attached hydrogen (secondary N) is 1. The van der Waals surface area contributed by atoms with Gasteiger partial charge in [0.1, 0.15) is 13.2 Å². The lowest BCUT2D eigenvalue weighted by molar-refractivity contribution is 0.101. The fourth-order valence-corrected chi connectivity index (χ4v) is 1.90. The van der Waals surface area contributed by atoms with Crippen LogP contribution in [0.15, 0.2) is 36.5 Å². The number of amides is 1. The van der Waals surface area contributed by atoms with Gasteiger partial charge < -0.3 is 14.8 Å². The lowest BCUT2D eigenvalue weighted by atomic mass is 10.1. The molecular formula is C14H11FN2O3. The summed E-state index contributed by atoms with van der Waals surface area (Å²) in [6.45, 7) is 0.856. The Morgan fingerprint density at radius 3 is 2.85 bits per heavy atom. The third kappa shape index (κ3) is 2.40. The normalized spacial score (nSPS) is 12.8. The van der Waals surface area contributed by atoms with E-state index in [-0.39, 0.29) is 5.91 Å². The maximum Gasteiger partial charge on any atom is 0.259 e. The van der Waals surface area contributed by atoms with Crippen molar-refractivity contribution < 1.29 is 18.7 Å². The molecular weight excluding hydrogens is 263 g/mol. The second kappa shape index (κ2) is 5.16. The third-order valence-electron chi connectivity index (χ3n) is 2.80. The molecule has 1 aromatic heterocycles. The van der Waals surface area contributed by atoms with Gasteiger partial charge in [-0.25, -0.2) is 4.98 Å². The van der Waals surface area contributed by atoms with Crippen LogP contribution in [0.3, 0.4) is 0 Å². The number of hydrogen-bond acceptors (Lipinski definition) is 4. The van der Waals surface area contributed by atoms with Crippen molar-refractivity contribution in [2.75, 3.05) is 18.5 Å². The van der Waals surface area contributed by atoms with Crippen LogP contribution in [-0.4, -0.2) is 24.1 Å². The van der Waals surface area contributed by atoms with E-state index < -0.39 is 5.95 Å². The fourth-order valence-electron chi connectivity index (χ4n) is 1.90. The molecule has 0 bridgehead atoms. The predicted molar refractivity (Wildman–Crippen MR) is 69.6 cm³/mol. The summed E-state index contributed by atoms with van der Waals surface area (Å²) in [5.41, 5.74) is 0.775. The SMILES string of the molecule is O=C(Nc1ccc(F)nc1)c1cccc2c1OCCO2. The summed E-state index contributed by atoms with van der Waals surface area (Å²) < 4.78 is 23.6. The molecule has 0 aliphatic carbocycles. The van der Waals surface area contributed by atoms with Crippen LogP contribution in [0.5, 0.6) is 11.5 Å². The topological polar surface area (TPSA) is 60.5 Å². The number of halogens is 1. The maximum absolute atomic E-state index is 12.7. The largest absolute Gasteiger partial charge is 0.486 e. The number of rotatable bonds is 2. The molecule has 1 N–H and O–H groups in total. The number of fused-ring (bicyclic) bond motifs is 1. The number of carbonyl (C=O) groups excluding carboxylic acids is 1. The number of nitrogens with zero attached hydrogens (tertiary/aromatic N) is 1. The molecule has 6 heteroatoms. The van der Waals surface area contributed by atoms with Gasteiger partial charge in [0.25, 0.3) is 5.91 Å². The zero-order chi connectivity index (χ0) is 13.9. The predicted octanol–water partition coefficient (Wildman–Crippen LogP) is 2.24. The number of carbonyl (C=O) groups is 1. The molecule has 3 rings (SSSR count). The number of ether oxygens (including phenoxy) is 2. The highest BCUT2D eigenvalue weighted by atomic mass is 19.1. The van der Waals surface area contributed by atoms with Crippen LogP contribution in [0, 0.1) is 5.95 Å². The highest BCUT2D eigenvalue weighted by Crippen LogP contribution is 2.33. The van der Waals surface area contributed by atoms with Gasteiger partial charge in [0.2, 0.25) is 5.95 Å². The Bertz CT molecular complexity index is 643. The molecule has 0 unspecified atom stereocenters. The molecule has 0 atom stereocenters. The van der Waals surface area contributed by atoms with E-state index in [1.165, 1.54) is 18.3 Å². The Balaban J connectivity index is 1.85. The molecule has 2 heterocycles. The van der Waals surface area contributed by atoms with E-state index in [4.69, 9.17) is 9.47 Å². The highest BCUT2D eigenvalue weighted by Gasteiger charge is 2.20. The Hall–Kier alpha value is -2.63. The zero-order valence-corrected chi connectivity index (χ0v) is 10.4. The number of anilines is 1. The molecule has 1 amide bonds. The first-order valence-corrected chi connectivity index (χ1v) is 6.05. The van der Waals surface area contributed by atoms with Gasteiger partial charge in [-0.05, 0) is 24.3 Å². The Kier molecular flexibility index (Phi) is 3.20. The molecule has 1 aromatic carbocycles. The summed E-state index contributed by atoms with van der Waals surface area (Å²) in [5.74, 6) is 0.00466. The number of benzene rings is 1. The van der Waals surface area contributed by atoms with E-state index in [2.05, 4.69) is 10.3 Å². The molecule has 0 fully saturated rings. The molecule has 1 aliphatic rings. The highest BCUT2D eigenvalue weighted by molar-refractivity contribution is 6.06. The number of pyridine rings is 1. The molecule has 0 spiro atoms. The second-order valence-electron chi connectivity index (χ2n) is 4.15. The minimum absolute atomic E-state index is 0.360. The van der Waals surface area contributed by atoms with Crippen LogP contribution in [0.1, 0.15) is 10.4 Å². The van der Waals surface area contributed by atoms with Crippen LogP contribution < -0.4 is 14.8 Å². The third-order valence-corrected chi connectivity index (χ3v) is 2.80. The minimum Gasteiger partial charge on any atom is -0.486 e. The van der Waals surface area contributed by atoms with Crippen molar-refractivity contribution in [2.45, 2.75) is 0 Å². The first kappa shape index (κ1) is 12.4. The summed E-state index contributed by atoms with van der Waals surface area (Å²) in [7, 11) is 0. The molecule has 0 radical (unpaired) electrons. The van der Waals surface area contributed by atoms with Crippen molar-refractivity contribution in [3.05, 3.63) is 48.0 Å². The Morgan fingerprint density at radius 1 is 1.20 bits per heavy atom. The minimum atomic E-state index is -0.600. The number of hydrogen-bond donors (Lipinski definition) is 1. The van der Waals surface area contributed by atoms with Crippen LogP contribution >= 0.6 is 0 Å². The fraction of sp³-hybridized carbons (Fsp3) is 0.143. The van der Waals surface area contributed by atoms with Gasteiger partial charge in [-0.1, -0.05) is 6.07 Å². The van der Waals surface area contributed by atoms with E-state index >= 15 is 0 Å². The van der Waals surface area contributed by atoms with Gasteiger partial charge >= 0.3 is 0 Å². The van der Waals surface area contributed by atoms with Crippen molar-refractivity contribution in [1.29, 1.82) is 0 Å². The monoisotopic (exact) mass is 274 g/mol. The lowest BCUT2D eigenvalue weighted by Gasteiger charge is -2.20. The van der Waals surface area contributed by atoms with Crippen molar-refractivity contribution in [3.8, 4) is 11.5 Å². The van der Waals surface area contributed by atoms with Gasteiger partial charge in [-0.15, -0.1) is 0 Å². The number of aromatic nitrogens is 1. The van der Waals surface area contributed by atoms with Crippen LogP contribution in [-0.2, 0) is 0 Å². The van der Waals surface area contributed by atoms with Crippen molar-refractivity contribution in [2.24, 2.45) is 0 Å². The molecule has 0 saturated carbocycles. The zero-order valence-electron chi connectivity index (χ0n) is 10.4. The van der Waals surface area contributed by atoms with Crippen LogP contribution in [0.4, 0.5) is 10.1 Å².